The summed E-state index contributed by atoms with van der Waals surface area (Å²) in [6.07, 6.45) is 1.52. The maximum atomic E-state index is 12.3. The van der Waals surface area contributed by atoms with E-state index in [1.165, 1.54) is 29.7 Å². The summed E-state index contributed by atoms with van der Waals surface area (Å²) in [4.78, 5) is 23.2. The maximum absolute atomic E-state index is 12.3. The van der Waals surface area contributed by atoms with Crippen LogP contribution in [-0.2, 0) is 6.61 Å². The number of hydrogen-bond donors (Lipinski definition) is 1. The summed E-state index contributed by atoms with van der Waals surface area (Å²) in [5.41, 5.74) is 4.14. The second-order valence-electron chi connectivity index (χ2n) is 6.74. The van der Waals surface area contributed by atoms with E-state index in [4.69, 9.17) is 16.3 Å². The minimum Gasteiger partial charge on any atom is -0.489 e. The fourth-order valence-electron chi connectivity index (χ4n) is 2.90. The standard InChI is InChI=1S/C23H16ClN3O4S/c24-20-4-2-1-3-16(20)14-31-19-8-5-15(6-9-19)13-25-26-23(28)22-12-17-11-18(27(29)30)7-10-21(17)32-22/h1-13H,14H2,(H,26,28)/b25-13-. The predicted molar refractivity (Wildman–Crippen MR) is 126 cm³/mol. The number of hydrogen-bond acceptors (Lipinski definition) is 6. The second-order valence-corrected chi connectivity index (χ2v) is 8.23. The zero-order chi connectivity index (χ0) is 22.5. The SMILES string of the molecule is O=C(N/N=C\c1ccc(OCc2ccccc2Cl)cc1)c1cc2cc([N+](=O)[O-])ccc2s1. The molecule has 0 saturated carbocycles. The first-order valence-corrected chi connectivity index (χ1v) is 10.7. The van der Waals surface area contributed by atoms with Gasteiger partial charge in [0.2, 0.25) is 0 Å². The van der Waals surface area contributed by atoms with Gasteiger partial charge in [0, 0.05) is 32.8 Å². The minimum absolute atomic E-state index is 0.0143. The molecule has 0 atom stereocenters. The fourth-order valence-corrected chi connectivity index (χ4v) is 4.03. The minimum atomic E-state index is -0.464. The van der Waals surface area contributed by atoms with Crippen molar-refractivity contribution in [1.82, 2.24) is 5.43 Å². The van der Waals surface area contributed by atoms with Gasteiger partial charge >= 0.3 is 0 Å². The number of benzene rings is 3. The lowest BCUT2D eigenvalue weighted by Gasteiger charge is -2.07. The van der Waals surface area contributed by atoms with Gasteiger partial charge in [0.15, 0.2) is 0 Å². The van der Waals surface area contributed by atoms with E-state index in [-0.39, 0.29) is 11.6 Å². The van der Waals surface area contributed by atoms with E-state index in [9.17, 15) is 14.9 Å². The van der Waals surface area contributed by atoms with Crippen molar-refractivity contribution in [3.05, 3.63) is 104 Å². The van der Waals surface area contributed by atoms with Crippen molar-refractivity contribution >= 4 is 50.8 Å². The van der Waals surface area contributed by atoms with Gasteiger partial charge in [0.05, 0.1) is 16.0 Å². The number of carbonyl (C=O) groups is 1. The molecule has 1 amide bonds. The summed E-state index contributed by atoms with van der Waals surface area (Å²) >= 11 is 7.37. The number of amides is 1. The highest BCUT2D eigenvalue weighted by Crippen LogP contribution is 2.29. The van der Waals surface area contributed by atoms with Crippen LogP contribution < -0.4 is 10.2 Å². The monoisotopic (exact) mass is 465 g/mol. The third kappa shape index (κ3) is 5.11. The Balaban J connectivity index is 1.34. The fraction of sp³-hybridized carbons (Fsp3) is 0.0435. The van der Waals surface area contributed by atoms with Crippen molar-refractivity contribution in [2.45, 2.75) is 6.61 Å². The molecule has 9 heteroatoms. The lowest BCUT2D eigenvalue weighted by Crippen LogP contribution is -2.16. The lowest BCUT2D eigenvalue weighted by atomic mass is 10.2. The molecule has 0 aliphatic heterocycles. The Hall–Kier alpha value is -3.75. The van der Waals surface area contributed by atoms with Crippen LogP contribution in [0.15, 0.2) is 77.9 Å². The van der Waals surface area contributed by atoms with Crippen molar-refractivity contribution in [1.29, 1.82) is 0 Å². The van der Waals surface area contributed by atoms with Crippen molar-refractivity contribution < 1.29 is 14.5 Å². The summed E-state index contributed by atoms with van der Waals surface area (Å²) in [5, 5.41) is 16.2. The van der Waals surface area contributed by atoms with Crippen molar-refractivity contribution in [3.8, 4) is 5.75 Å². The van der Waals surface area contributed by atoms with Crippen LogP contribution in [0.3, 0.4) is 0 Å². The molecule has 1 aromatic heterocycles. The van der Waals surface area contributed by atoms with Gasteiger partial charge in [-0.05, 0) is 48.0 Å². The molecule has 7 nitrogen and oxygen atoms in total. The van der Waals surface area contributed by atoms with Crippen LogP contribution in [-0.4, -0.2) is 17.0 Å². The van der Waals surface area contributed by atoms with Gasteiger partial charge < -0.3 is 4.74 Å². The Bertz CT molecular complexity index is 1320. The lowest BCUT2D eigenvalue weighted by molar-refractivity contribution is -0.384. The van der Waals surface area contributed by atoms with Gasteiger partial charge in [0.1, 0.15) is 12.4 Å². The van der Waals surface area contributed by atoms with E-state index in [1.54, 1.807) is 24.3 Å². The van der Waals surface area contributed by atoms with Gasteiger partial charge in [-0.15, -0.1) is 11.3 Å². The number of thiophene rings is 1. The average Bonchev–Trinajstić information content (AvgIpc) is 3.23. The van der Waals surface area contributed by atoms with Crippen LogP contribution in [0.4, 0.5) is 5.69 Å². The molecular formula is C23H16ClN3O4S. The Kier molecular flexibility index (Phi) is 6.44. The van der Waals surface area contributed by atoms with Gasteiger partial charge in [-0.25, -0.2) is 5.43 Å². The van der Waals surface area contributed by atoms with Crippen LogP contribution in [0.5, 0.6) is 5.75 Å². The average molecular weight is 466 g/mol. The van der Waals surface area contributed by atoms with E-state index in [0.29, 0.717) is 27.6 Å². The number of nitrogens with zero attached hydrogens (tertiary/aromatic N) is 2. The zero-order valence-electron chi connectivity index (χ0n) is 16.5. The Morgan fingerprint density at radius 2 is 1.91 bits per heavy atom. The number of nitrogens with one attached hydrogen (secondary N) is 1. The number of ether oxygens (including phenoxy) is 1. The molecule has 4 rings (SSSR count). The van der Waals surface area contributed by atoms with Crippen LogP contribution in [0.1, 0.15) is 20.8 Å². The smallest absolute Gasteiger partial charge is 0.281 e. The molecule has 0 unspecified atom stereocenters. The number of halogens is 1. The quantitative estimate of drug-likeness (QED) is 0.212. The molecule has 160 valence electrons. The Morgan fingerprint density at radius 3 is 2.66 bits per heavy atom. The van der Waals surface area contributed by atoms with Gasteiger partial charge in [-0.2, -0.15) is 5.10 Å². The van der Waals surface area contributed by atoms with E-state index < -0.39 is 4.92 Å². The molecule has 4 aromatic rings. The molecule has 3 aromatic carbocycles. The molecule has 1 N–H and O–H groups in total. The summed E-state index contributed by atoms with van der Waals surface area (Å²) in [5.74, 6) is 0.301. The number of non-ortho nitro benzene ring substituents is 1. The van der Waals surface area contributed by atoms with Crippen molar-refractivity contribution in [2.75, 3.05) is 0 Å². The first-order valence-electron chi connectivity index (χ1n) is 9.47. The molecule has 0 bridgehead atoms. The van der Waals surface area contributed by atoms with E-state index >= 15 is 0 Å². The summed E-state index contributed by atoms with van der Waals surface area (Å²) < 4.78 is 6.53. The van der Waals surface area contributed by atoms with E-state index in [2.05, 4.69) is 10.5 Å². The number of rotatable bonds is 7. The topological polar surface area (TPSA) is 93.8 Å². The van der Waals surface area contributed by atoms with Crippen molar-refractivity contribution in [2.24, 2.45) is 5.10 Å². The normalized spacial score (nSPS) is 11.0. The van der Waals surface area contributed by atoms with Crippen LogP contribution in [0.25, 0.3) is 10.1 Å². The third-order valence-corrected chi connectivity index (χ3v) is 6.03. The van der Waals surface area contributed by atoms with Crippen molar-refractivity contribution in [3.63, 3.8) is 0 Å². The third-order valence-electron chi connectivity index (χ3n) is 4.55. The molecule has 0 saturated heterocycles. The first kappa shape index (κ1) is 21.5. The highest BCUT2D eigenvalue weighted by molar-refractivity contribution is 7.20. The van der Waals surface area contributed by atoms with E-state index in [0.717, 1.165) is 15.8 Å². The van der Waals surface area contributed by atoms with E-state index in [1.807, 2.05) is 36.4 Å². The molecule has 0 aliphatic carbocycles. The highest BCUT2D eigenvalue weighted by Gasteiger charge is 2.13. The second kappa shape index (κ2) is 9.59. The van der Waals surface area contributed by atoms with Crippen LogP contribution in [0.2, 0.25) is 5.02 Å². The van der Waals surface area contributed by atoms with Gasteiger partial charge in [-0.3, -0.25) is 14.9 Å². The summed E-state index contributed by atoms with van der Waals surface area (Å²) in [6.45, 7) is 0.363. The molecule has 0 spiro atoms. The molecule has 1 heterocycles. The molecule has 32 heavy (non-hydrogen) atoms. The highest BCUT2D eigenvalue weighted by atomic mass is 35.5. The molecule has 0 fully saturated rings. The molecule has 0 aliphatic rings. The van der Waals surface area contributed by atoms with Crippen LogP contribution >= 0.6 is 22.9 Å². The van der Waals surface area contributed by atoms with Crippen LogP contribution in [0, 0.1) is 10.1 Å². The zero-order valence-corrected chi connectivity index (χ0v) is 18.1. The largest absolute Gasteiger partial charge is 0.489 e. The maximum Gasteiger partial charge on any atom is 0.281 e. The molecule has 0 radical (unpaired) electrons. The number of nitro benzene ring substituents is 1. The number of carbonyl (C=O) groups excluding carboxylic acids is 1. The summed E-state index contributed by atoms with van der Waals surface area (Å²) in [6, 6.07) is 20.8. The number of fused-ring (bicyclic) bond motifs is 1. The molecular weight excluding hydrogens is 450 g/mol. The van der Waals surface area contributed by atoms with Gasteiger partial charge in [0.25, 0.3) is 11.6 Å². The predicted octanol–water partition coefficient (Wildman–Crippen LogP) is 5.81. The Labute approximate surface area is 192 Å². The Morgan fingerprint density at radius 1 is 1.12 bits per heavy atom. The summed E-state index contributed by atoms with van der Waals surface area (Å²) in [7, 11) is 0. The number of hydrazone groups is 1. The first-order chi connectivity index (χ1) is 15.5. The van der Waals surface area contributed by atoms with Gasteiger partial charge in [-0.1, -0.05) is 29.8 Å². The number of nitro groups is 1.